The Balaban J connectivity index is 1.87. The molecule has 0 aliphatic carbocycles. The summed E-state index contributed by atoms with van der Waals surface area (Å²) in [6.45, 7) is 5.44. The van der Waals surface area contributed by atoms with Crippen molar-refractivity contribution in [3.05, 3.63) is 47.0 Å². The van der Waals surface area contributed by atoms with Crippen LogP contribution in [0.25, 0.3) is 0 Å². The summed E-state index contributed by atoms with van der Waals surface area (Å²) < 4.78 is 2.31. The Hall–Kier alpha value is -1.64. The highest BCUT2D eigenvalue weighted by molar-refractivity contribution is 5.24. The first-order valence-corrected chi connectivity index (χ1v) is 6.71. The van der Waals surface area contributed by atoms with Crippen LogP contribution in [-0.2, 0) is 13.0 Å². The van der Waals surface area contributed by atoms with Crippen LogP contribution in [0.15, 0.2) is 24.3 Å². The van der Waals surface area contributed by atoms with Crippen molar-refractivity contribution in [1.29, 1.82) is 0 Å². The van der Waals surface area contributed by atoms with E-state index in [0.717, 1.165) is 18.8 Å². The molecule has 1 aromatic carbocycles. The highest BCUT2D eigenvalue weighted by Gasteiger charge is 2.21. The molecule has 3 nitrogen and oxygen atoms in total. The second-order valence-electron chi connectivity index (χ2n) is 5.33. The molecular weight excluding hydrogens is 222 g/mol. The van der Waals surface area contributed by atoms with Gasteiger partial charge in [0.15, 0.2) is 0 Å². The molecule has 18 heavy (non-hydrogen) atoms. The topological polar surface area (TPSA) is 30.7 Å². The minimum Gasteiger partial charge on any atom is -0.314 e. The fourth-order valence-electron chi connectivity index (χ4n) is 2.66. The number of hydrogen-bond acceptors (Lipinski definition) is 2. The zero-order valence-electron chi connectivity index (χ0n) is 11.1. The molecule has 0 N–H and O–H groups in total. The second kappa shape index (κ2) is 4.56. The summed E-state index contributed by atoms with van der Waals surface area (Å²) in [4.78, 5) is 0. The zero-order chi connectivity index (χ0) is 12.5. The van der Waals surface area contributed by atoms with Gasteiger partial charge in [-0.3, -0.25) is 0 Å². The van der Waals surface area contributed by atoms with Gasteiger partial charge in [0, 0.05) is 18.9 Å². The van der Waals surface area contributed by atoms with E-state index < -0.39 is 0 Å². The monoisotopic (exact) mass is 241 g/mol. The van der Waals surface area contributed by atoms with E-state index in [1.54, 1.807) is 0 Å². The van der Waals surface area contributed by atoms with Gasteiger partial charge in [-0.1, -0.05) is 36.8 Å². The molecule has 1 aromatic heterocycles. The molecule has 0 fully saturated rings. The van der Waals surface area contributed by atoms with Crippen LogP contribution >= 0.6 is 0 Å². The average Bonchev–Trinajstić information content (AvgIpc) is 2.77. The predicted octanol–water partition coefficient (Wildman–Crippen LogP) is 3.07. The minimum atomic E-state index is 0.554. The van der Waals surface area contributed by atoms with Gasteiger partial charge in [-0.15, -0.1) is 10.2 Å². The lowest BCUT2D eigenvalue weighted by molar-refractivity contribution is 0.456. The molecular formula is C15H19N3. The molecule has 1 aliphatic rings. The van der Waals surface area contributed by atoms with Gasteiger partial charge in [0.2, 0.25) is 0 Å². The van der Waals surface area contributed by atoms with Crippen molar-refractivity contribution in [1.82, 2.24) is 14.8 Å². The van der Waals surface area contributed by atoms with E-state index in [0.29, 0.717) is 5.92 Å². The third kappa shape index (κ3) is 2.05. The van der Waals surface area contributed by atoms with Crippen molar-refractivity contribution < 1.29 is 0 Å². The third-order valence-corrected chi connectivity index (χ3v) is 3.80. The van der Waals surface area contributed by atoms with Crippen LogP contribution in [0.4, 0.5) is 0 Å². The van der Waals surface area contributed by atoms with Crippen molar-refractivity contribution in [2.45, 2.75) is 45.6 Å². The van der Waals surface area contributed by atoms with Crippen molar-refractivity contribution in [2.24, 2.45) is 0 Å². The maximum Gasteiger partial charge on any atom is 0.137 e. The van der Waals surface area contributed by atoms with Crippen LogP contribution in [0.3, 0.4) is 0 Å². The van der Waals surface area contributed by atoms with Crippen LogP contribution in [0.5, 0.6) is 0 Å². The van der Waals surface area contributed by atoms with Gasteiger partial charge >= 0.3 is 0 Å². The van der Waals surface area contributed by atoms with Crippen LogP contribution in [0.1, 0.15) is 48.5 Å². The lowest BCUT2D eigenvalue weighted by Gasteiger charge is -2.20. The van der Waals surface area contributed by atoms with E-state index in [1.807, 2.05) is 0 Å². The highest BCUT2D eigenvalue weighted by Crippen LogP contribution is 2.26. The van der Waals surface area contributed by atoms with Crippen molar-refractivity contribution in [2.75, 3.05) is 0 Å². The number of aromatic nitrogens is 3. The number of benzene rings is 1. The van der Waals surface area contributed by atoms with Gasteiger partial charge in [0.05, 0.1) is 0 Å². The molecule has 0 bridgehead atoms. The Morgan fingerprint density at radius 1 is 1.22 bits per heavy atom. The highest BCUT2D eigenvalue weighted by atomic mass is 15.3. The lowest BCUT2D eigenvalue weighted by Crippen LogP contribution is -2.16. The predicted molar refractivity (Wildman–Crippen MR) is 71.7 cm³/mol. The van der Waals surface area contributed by atoms with Gasteiger partial charge in [-0.2, -0.15) is 0 Å². The van der Waals surface area contributed by atoms with Crippen LogP contribution in [-0.4, -0.2) is 14.8 Å². The number of nitrogens with zero attached hydrogens (tertiary/aromatic N) is 3. The standard InChI is InChI=1S/C15H19N3/c1-11-5-7-13(8-6-11)10-14-16-17-15-12(2)4-3-9-18(14)15/h5-8,12H,3-4,9-10H2,1-2H3. The molecule has 1 unspecified atom stereocenters. The van der Waals surface area contributed by atoms with Crippen molar-refractivity contribution >= 4 is 0 Å². The van der Waals surface area contributed by atoms with Crippen LogP contribution in [0, 0.1) is 6.92 Å². The molecule has 3 rings (SSSR count). The minimum absolute atomic E-state index is 0.554. The lowest BCUT2D eigenvalue weighted by atomic mass is 10.0. The van der Waals surface area contributed by atoms with Gasteiger partial charge in [0.1, 0.15) is 11.6 Å². The first-order chi connectivity index (χ1) is 8.74. The van der Waals surface area contributed by atoms with Crippen molar-refractivity contribution in [3.63, 3.8) is 0 Å². The van der Waals surface area contributed by atoms with Crippen LogP contribution in [0.2, 0.25) is 0 Å². The summed E-state index contributed by atoms with van der Waals surface area (Å²) in [5, 5.41) is 8.74. The fraction of sp³-hybridized carbons (Fsp3) is 0.467. The van der Waals surface area contributed by atoms with E-state index >= 15 is 0 Å². The van der Waals surface area contributed by atoms with Crippen LogP contribution < -0.4 is 0 Å². The molecule has 0 spiro atoms. The van der Waals surface area contributed by atoms with Crippen molar-refractivity contribution in [3.8, 4) is 0 Å². The first-order valence-electron chi connectivity index (χ1n) is 6.71. The van der Waals surface area contributed by atoms with E-state index in [-0.39, 0.29) is 0 Å². The average molecular weight is 241 g/mol. The van der Waals surface area contributed by atoms with E-state index in [9.17, 15) is 0 Å². The van der Waals surface area contributed by atoms with Gasteiger partial charge < -0.3 is 4.57 Å². The maximum absolute atomic E-state index is 4.38. The molecule has 0 saturated carbocycles. The van der Waals surface area contributed by atoms with E-state index in [1.165, 1.54) is 29.8 Å². The van der Waals surface area contributed by atoms with Gasteiger partial charge in [0.25, 0.3) is 0 Å². The molecule has 0 radical (unpaired) electrons. The summed E-state index contributed by atoms with van der Waals surface area (Å²) in [7, 11) is 0. The normalized spacial score (nSPS) is 18.7. The number of hydrogen-bond donors (Lipinski definition) is 0. The molecule has 0 amide bonds. The zero-order valence-corrected chi connectivity index (χ0v) is 11.1. The number of rotatable bonds is 2. The smallest absolute Gasteiger partial charge is 0.137 e. The van der Waals surface area contributed by atoms with Gasteiger partial charge in [-0.05, 0) is 25.3 Å². The Morgan fingerprint density at radius 2 is 2.00 bits per heavy atom. The van der Waals surface area contributed by atoms with E-state index in [2.05, 4.69) is 52.9 Å². The second-order valence-corrected chi connectivity index (χ2v) is 5.33. The molecule has 1 aliphatic heterocycles. The Morgan fingerprint density at radius 3 is 2.78 bits per heavy atom. The SMILES string of the molecule is Cc1ccc(Cc2nnc3n2CCCC3C)cc1. The summed E-state index contributed by atoms with van der Waals surface area (Å²) in [6, 6.07) is 8.68. The molecule has 1 atom stereocenters. The Kier molecular flexibility index (Phi) is 2.90. The Bertz CT molecular complexity index is 539. The van der Waals surface area contributed by atoms with Gasteiger partial charge in [-0.25, -0.2) is 0 Å². The van der Waals surface area contributed by atoms with E-state index in [4.69, 9.17) is 0 Å². The summed E-state index contributed by atoms with van der Waals surface area (Å²) >= 11 is 0. The summed E-state index contributed by atoms with van der Waals surface area (Å²) in [6.07, 6.45) is 3.37. The molecule has 2 aromatic rings. The third-order valence-electron chi connectivity index (χ3n) is 3.80. The quantitative estimate of drug-likeness (QED) is 0.809. The molecule has 3 heteroatoms. The Labute approximate surface area is 108 Å². The molecule has 0 saturated heterocycles. The summed E-state index contributed by atoms with van der Waals surface area (Å²) in [5.41, 5.74) is 2.62. The number of aryl methyl sites for hydroxylation is 1. The molecule has 2 heterocycles. The summed E-state index contributed by atoms with van der Waals surface area (Å²) in [5.74, 6) is 2.83. The number of fused-ring (bicyclic) bond motifs is 1. The fourth-order valence-corrected chi connectivity index (χ4v) is 2.66. The largest absolute Gasteiger partial charge is 0.314 e. The maximum atomic E-state index is 4.38. The first kappa shape index (κ1) is 11.5. The molecule has 94 valence electrons.